The molecule has 2 bridgehead atoms. The van der Waals surface area contributed by atoms with Crippen molar-refractivity contribution in [1.29, 1.82) is 0 Å². The van der Waals surface area contributed by atoms with Crippen molar-refractivity contribution in [2.45, 2.75) is 33.1 Å². The van der Waals surface area contributed by atoms with Crippen molar-refractivity contribution in [1.82, 2.24) is 0 Å². The number of hydrogen-bond donors (Lipinski definition) is 0. The lowest BCUT2D eigenvalue weighted by Gasteiger charge is -2.45. The Morgan fingerprint density at radius 3 is 2.06 bits per heavy atom. The molecule has 2 aliphatic rings. The van der Waals surface area contributed by atoms with Gasteiger partial charge in [0.05, 0.1) is 5.97 Å². The Bertz CT molecular complexity index is 409. The molecule has 0 aromatic carbocycles. The van der Waals surface area contributed by atoms with Gasteiger partial charge < -0.3 is 19.8 Å². The quantitative estimate of drug-likeness (QED) is 0.575. The Balaban J connectivity index is 2.61. The van der Waals surface area contributed by atoms with Gasteiger partial charge in [-0.2, -0.15) is 0 Å². The molecule has 0 aromatic heterocycles. The first-order chi connectivity index (χ1) is 7.21. The molecule has 0 aliphatic heterocycles. The molecule has 2 atom stereocenters. The van der Waals surface area contributed by atoms with Crippen LogP contribution < -0.4 is 10.2 Å². The third-order valence-electron chi connectivity index (χ3n) is 4.89. The van der Waals surface area contributed by atoms with E-state index in [1.165, 1.54) is 0 Å². The summed E-state index contributed by atoms with van der Waals surface area (Å²) in [6.07, 6.45) is 0.692. The van der Waals surface area contributed by atoms with Crippen LogP contribution in [0.1, 0.15) is 33.1 Å². The van der Waals surface area contributed by atoms with Gasteiger partial charge in [-0.05, 0) is 24.7 Å². The molecule has 0 radical (unpaired) electrons. The molecule has 0 unspecified atom stereocenters. The minimum Gasteiger partial charge on any atom is -0.550 e. The maximum atomic E-state index is 11.3. The SMILES string of the molecule is C=C1C(C)(C)[C@@]2(C(=O)[O-])CC[C@]1(C(=O)[O-])C2. The van der Waals surface area contributed by atoms with E-state index >= 15 is 0 Å². The summed E-state index contributed by atoms with van der Waals surface area (Å²) < 4.78 is 0. The fraction of sp³-hybridized carbons (Fsp3) is 0.667. The third-order valence-corrected chi connectivity index (χ3v) is 4.89. The lowest BCUT2D eigenvalue weighted by Crippen LogP contribution is -2.49. The van der Waals surface area contributed by atoms with Crippen molar-refractivity contribution in [3.8, 4) is 0 Å². The highest BCUT2D eigenvalue weighted by Gasteiger charge is 2.67. The normalized spacial score (nSPS) is 40.0. The Morgan fingerprint density at radius 1 is 1.19 bits per heavy atom. The van der Waals surface area contributed by atoms with Crippen LogP contribution in [0, 0.1) is 16.2 Å². The zero-order chi connectivity index (χ0) is 12.4. The summed E-state index contributed by atoms with van der Waals surface area (Å²) in [6, 6.07) is 0. The van der Waals surface area contributed by atoms with E-state index in [-0.39, 0.29) is 6.42 Å². The highest BCUT2D eigenvalue weighted by molar-refractivity contribution is 5.86. The second kappa shape index (κ2) is 2.67. The molecule has 0 heterocycles. The summed E-state index contributed by atoms with van der Waals surface area (Å²) >= 11 is 0. The van der Waals surface area contributed by atoms with Gasteiger partial charge in [0, 0.05) is 16.8 Å². The topological polar surface area (TPSA) is 80.3 Å². The lowest BCUT2D eigenvalue weighted by molar-refractivity contribution is -0.323. The van der Waals surface area contributed by atoms with Gasteiger partial charge in [-0.25, -0.2) is 0 Å². The van der Waals surface area contributed by atoms with E-state index in [0.29, 0.717) is 18.4 Å². The molecule has 88 valence electrons. The number of hydrogen-bond acceptors (Lipinski definition) is 4. The smallest absolute Gasteiger partial charge is 0.0517 e. The van der Waals surface area contributed by atoms with Gasteiger partial charge in [0.2, 0.25) is 0 Å². The molecule has 2 aliphatic carbocycles. The minimum absolute atomic E-state index is 0.0660. The number of aliphatic carboxylic acids is 2. The summed E-state index contributed by atoms with van der Waals surface area (Å²) in [5.41, 5.74) is -2.53. The van der Waals surface area contributed by atoms with Crippen LogP contribution in [0.5, 0.6) is 0 Å². The average Bonchev–Trinajstić information content (AvgIpc) is 2.64. The number of fused-ring (bicyclic) bond motifs is 2. The van der Waals surface area contributed by atoms with E-state index in [4.69, 9.17) is 0 Å². The van der Waals surface area contributed by atoms with Gasteiger partial charge in [-0.3, -0.25) is 0 Å². The predicted octanol–water partition coefficient (Wildman–Crippen LogP) is -0.761. The molecule has 0 spiro atoms. The highest BCUT2D eigenvalue weighted by atomic mass is 16.4. The van der Waals surface area contributed by atoms with Crippen LogP contribution in [0.2, 0.25) is 0 Å². The van der Waals surface area contributed by atoms with Gasteiger partial charge in [0.25, 0.3) is 0 Å². The summed E-state index contributed by atoms with van der Waals surface area (Å²) in [5, 5.41) is 22.6. The van der Waals surface area contributed by atoms with Gasteiger partial charge in [-0.1, -0.05) is 26.0 Å². The van der Waals surface area contributed by atoms with Crippen molar-refractivity contribution in [2.75, 3.05) is 0 Å². The number of carbonyl (C=O) groups is 2. The second-order valence-corrected chi connectivity index (χ2v) is 5.52. The lowest BCUT2D eigenvalue weighted by atomic mass is 9.61. The molecule has 0 N–H and O–H groups in total. The van der Waals surface area contributed by atoms with Crippen LogP contribution >= 0.6 is 0 Å². The average molecular weight is 222 g/mol. The van der Waals surface area contributed by atoms with Crippen LogP contribution in [0.25, 0.3) is 0 Å². The van der Waals surface area contributed by atoms with Crippen LogP contribution in [0.3, 0.4) is 0 Å². The number of carboxylic acid groups (broad SMARTS) is 2. The molecule has 16 heavy (non-hydrogen) atoms. The highest BCUT2D eigenvalue weighted by Crippen LogP contribution is 2.71. The standard InChI is InChI=1S/C12H16O4/c1-7-10(2,3)12(9(15)16)5-4-11(7,6-12)8(13)14/h1,4-6H2,2-3H3,(H,13,14)(H,15,16)/p-2/t11-,12-/m0/s1. The fourth-order valence-electron chi connectivity index (χ4n) is 3.52. The molecule has 4 heteroatoms. The van der Waals surface area contributed by atoms with E-state index in [2.05, 4.69) is 6.58 Å². The molecule has 2 saturated carbocycles. The first kappa shape index (κ1) is 11.2. The molecule has 4 nitrogen and oxygen atoms in total. The first-order valence-corrected chi connectivity index (χ1v) is 5.33. The van der Waals surface area contributed by atoms with E-state index < -0.39 is 28.2 Å². The van der Waals surface area contributed by atoms with Crippen LogP contribution in [0.4, 0.5) is 0 Å². The number of carboxylic acids is 2. The molecule has 2 fully saturated rings. The molecule has 2 rings (SSSR count). The summed E-state index contributed by atoms with van der Waals surface area (Å²) in [5.74, 6) is -2.37. The minimum atomic E-state index is -1.20. The summed E-state index contributed by atoms with van der Waals surface area (Å²) in [7, 11) is 0. The Hall–Kier alpha value is -1.32. The van der Waals surface area contributed by atoms with Gasteiger partial charge >= 0.3 is 0 Å². The molecule has 0 aromatic rings. The monoisotopic (exact) mass is 222 g/mol. The zero-order valence-electron chi connectivity index (χ0n) is 9.46. The maximum absolute atomic E-state index is 11.3. The van der Waals surface area contributed by atoms with Gasteiger partial charge in [0.1, 0.15) is 0 Å². The van der Waals surface area contributed by atoms with Crippen molar-refractivity contribution in [3.05, 3.63) is 12.2 Å². The number of carbonyl (C=O) groups excluding carboxylic acids is 2. The van der Waals surface area contributed by atoms with E-state index in [1.54, 1.807) is 13.8 Å². The van der Waals surface area contributed by atoms with Crippen LogP contribution in [-0.4, -0.2) is 11.9 Å². The number of rotatable bonds is 2. The molecular formula is C12H14O4-2. The van der Waals surface area contributed by atoms with E-state index in [9.17, 15) is 19.8 Å². The molecular weight excluding hydrogens is 208 g/mol. The summed E-state index contributed by atoms with van der Waals surface area (Å²) in [4.78, 5) is 22.6. The van der Waals surface area contributed by atoms with Gasteiger partial charge in [0.15, 0.2) is 0 Å². The Morgan fingerprint density at radius 2 is 1.75 bits per heavy atom. The molecule has 0 saturated heterocycles. The Kier molecular flexibility index (Phi) is 1.87. The van der Waals surface area contributed by atoms with Crippen molar-refractivity contribution < 1.29 is 19.8 Å². The first-order valence-electron chi connectivity index (χ1n) is 5.33. The fourth-order valence-corrected chi connectivity index (χ4v) is 3.52. The van der Waals surface area contributed by atoms with Crippen LogP contribution in [-0.2, 0) is 9.59 Å². The van der Waals surface area contributed by atoms with Crippen molar-refractivity contribution in [3.63, 3.8) is 0 Å². The maximum Gasteiger partial charge on any atom is 0.0517 e. The Labute approximate surface area is 94.0 Å². The van der Waals surface area contributed by atoms with Crippen molar-refractivity contribution >= 4 is 11.9 Å². The molecule has 0 amide bonds. The summed E-state index contributed by atoms with van der Waals surface area (Å²) in [6.45, 7) is 7.26. The third kappa shape index (κ3) is 0.867. The predicted molar refractivity (Wildman–Crippen MR) is 51.7 cm³/mol. The largest absolute Gasteiger partial charge is 0.550 e. The van der Waals surface area contributed by atoms with Gasteiger partial charge in [-0.15, -0.1) is 0 Å². The second-order valence-electron chi connectivity index (χ2n) is 5.52. The van der Waals surface area contributed by atoms with Crippen molar-refractivity contribution in [2.24, 2.45) is 16.2 Å². The van der Waals surface area contributed by atoms with E-state index in [0.717, 1.165) is 0 Å². The van der Waals surface area contributed by atoms with E-state index in [1.807, 2.05) is 0 Å². The van der Waals surface area contributed by atoms with Crippen LogP contribution in [0.15, 0.2) is 12.2 Å². The zero-order valence-corrected chi connectivity index (χ0v) is 9.46.